The molecule has 1 heterocycles. The summed E-state index contributed by atoms with van der Waals surface area (Å²) in [7, 11) is 0. The first-order chi connectivity index (χ1) is 7.61. The van der Waals surface area contributed by atoms with Crippen LogP contribution < -0.4 is 0 Å². The van der Waals surface area contributed by atoms with Crippen molar-refractivity contribution in [3.8, 4) is 10.4 Å². The van der Waals surface area contributed by atoms with Crippen LogP contribution in [0.3, 0.4) is 0 Å². The Hall–Kier alpha value is -1.62. The van der Waals surface area contributed by atoms with Gasteiger partial charge in [-0.2, -0.15) is 0 Å². The summed E-state index contributed by atoms with van der Waals surface area (Å²) in [6.07, 6.45) is 0.591. The third-order valence-corrected chi connectivity index (χ3v) is 3.02. The van der Waals surface area contributed by atoms with E-state index in [1.54, 1.807) is 0 Å². The van der Waals surface area contributed by atoms with Crippen LogP contribution in [0.25, 0.3) is 10.4 Å². The number of halogens is 3. The van der Waals surface area contributed by atoms with Gasteiger partial charge < -0.3 is 0 Å². The Morgan fingerprint density at radius 3 is 2.19 bits per heavy atom. The smallest absolute Gasteiger partial charge is 0.160 e. The Labute approximate surface area is 93.2 Å². The van der Waals surface area contributed by atoms with E-state index in [9.17, 15) is 18.0 Å². The van der Waals surface area contributed by atoms with Gasteiger partial charge in [-0.05, 0) is 12.1 Å². The quantitative estimate of drug-likeness (QED) is 0.735. The zero-order valence-corrected chi connectivity index (χ0v) is 8.65. The van der Waals surface area contributed by atoms with Crippen LogP contribution in [0.4, 0.5) is 13.2 Å². The molecule has 0 unspecified atom stereocenters. The molecule has 0 saturated heterocycles. The minimum Gasteiger partial charge on any atom is -0.297 e. The van der Waals surface area contributed by atoms with Crippen molar-refractivity contribution in [2.24, 2.45) is 0 Å². The summed E-state index contributed by atoms with van der Waals surface area (Å²) in [6.45, 7) is 0. The molecule has 0 aliphatic heterocycles. The zero-order valence-electron chi connectivity index (χ0n) is 7.84. The predicted molar refractivity (Wildman–Crippen MR) is 55.0 cm³/mol. The van der Waals surface area contributed by atoms with Gasteiger partial charge in [0.25, 0.3) is 0 Å². The summed E-state index contributed by atoms with van der Waals surface area (Å²) in [5.41, 5.74) is -0.306. The molecule has 0 bridgehead atoms. The van der Waals surface area contributed by atoms with E-state index in [-0.39, 0.29) is 10.4 Å². The third-order valence-electron chi connectivity index (χ3n) is 2.00. The molecule has 2 aromatic rings. The number of aldehydes is 1. The van der Waals surface area contributed by atoms with E-state index in [4.69, 9.17) is 0 Å². The van der Waals surface area contributed by atoms with Crippen LogP contribution in [-0.4, -0.2) is 6.29 Å². The van der Waals surface area contributed by atoms with Crippen LogP contribution >= 0.6 is 11.3 Å². The van der Waals surface area contributed by atoms with Crippen LogP contribution in [0.5, 0.6) is 0 Å². The number of hydrogen-bond acceptors (Lipinski definition) is 2. The van der Waals surface area contributed by atoms with E-state index in [1.165, 1.54) is 12.1 Å². The molecule has 0 saturated carbocycles. The maximum Gasteiger partial charge on any atom is 0.160 e. The lowest BCUT2D eigenvalue weighted by molar-refractivity contribution is 0.112. The van der Waals surface area contributed by atoms with E-state index in [0.29, 0.717) is 23.3 Å². The van der Waals surface area contributed by atoms with E-state index in [0.717, 1.165) is 11.3 Å². The minimum atomic E-state index is -0.975. The SMILES string of the molecule is O=Cc1ccc(-c2c(F)cc(F)cc2F)s1. The van der Waals surface area contributed by atoms with Crippen molar-refractivity contribution < 1.29 is 18.0 Å². The third kappa shape index (κ3) is 1.86. The summed E-state index contributed by atoms with van der Waals surface area (Å²) < 4.78 is 39.4. The molecular weight excluding hydrogens is 237 g/mol. The number of hydrogen-bond donors (Lipinski definition) is 0. The second-order valence-electron chi connectivity index (χ2n) is 3.06. The summed E-state index contributed by atoms with van der Waals surface area (Å²) in [5.74, 6) is -2.92. The first-order valence-corrected chi connectivity index (χ1v) is 5.13. The van der Waals surface area contributed by atoms with Crippen LogP contribution in [0.1, 0.15) is 9.67 Å². The molecule has 1 nitrogen and oxygen atoms in total. The number of rotatable bonds is 2. The van der Waals surface area contributed by atoms with E-state index < -0.39 is 17.5 Å². The van der Waals surface area contributed by atoms with Crippen LogP contribution in [0, 0.1) is 17.5 Å². The fourth-order valence-corrected chi connectivity index (χ4v) is 2.20. The normalized spacial score (nSPS) is 10.4. The van der Waals surface area contributed by atoms with Crippen molar-refractivity contribution >= 4 is 17.6 Å². The lowest BCUT2D eigenvalue weighted by Crippen LogP contribution is -1.90. The maximum absolute atomic E-state index is 13.3. The molecule has 5 heteroatoms. The number of benzene rings is 1. The number of thiophene rings is 1. The van der Waals surface area contributed by atoms with Crippen LogP contribution in [0.15, 0.2) is 24.3 Å². The minimum absolute atomic E-state index is 0.261. The molecule has 16 heavy (non-hydrogen) atoms. The van der Waals surface area contributed by atoms with Gasteiger partial charge >= 0.3 is 0 Å². The fraction of sp³-hybridized carbons (Fsp3) is 0. The standard InChI is InChI=1S/C11H5F3OS/c12-6-3-8(13)11(9(14)4-6)10-2-1-7(5-15)16-10/h1-5H. The lowest BCUT2D eigenvalue weighted by atomic mass is 10.1. The average Bonchev–Trinajstić information content (AvgIpc) is 2.64. The lowest BCUT2D eigenvalue weighted by Gasteiger charge is -2.01. The van der Waals surface area contributed by atoms with Gasteiger partial charge in [0.1, 0.15) is 17.5 Å². The summed E-state index contributed by atoms with van der Waals surface area (Å²) in [6, 6.07) is 4.10. The van der Waals surface area contributed by atoms with Gasteiger partial charge in [0.05, 0.1) is 10.4 Å². The zero-order chi connectivity index (χ0) is 11.7. The number of carbonyl (C=O) groups is 1. The Balaban J connectivity index is 2.59. The van der Waals surface area contributed by atoms with Crippen LogP contribution in [-0.2, 0) is 0 Å². The molecule has 0 atom stereocenters. The highest BCUT2D eigenvalue weighted by Gasteiger charge is 2.15. The van der Waals surface area contributed by atoms with Crippen molar-refractivity contribution in [3.05, 3.63) is 46.6 Å². The molecule has 0 spiro atoms. The second-order valence-corrected chi connectivity index (χ2v) is 4.18. The van der Waals surface area contributed by atoms with Gasteiger partial charge in [0.15, 0.2) is 6.29 Å². The molecule has 0 aliphatic carbocycles. The molecule has 0 fully saturated rings. The van der Waals surface area contributed by atoms with Crippen molar-refractivity contribution in [1.82, 2.24) is 0 Å². The highest BCUT2D eigenvalue weighted by atomic mass is 32.1. The average molecular weight is 242 g/mol. The first-order valence-electron chi connectivity index (χ1n) is 4.31. The topological polar surface area (TPSA) is 17.1 Å². The second kappa shape index (κ2) is 4.09. The molecule has 82 valence electrons. The molecule has 0 radical (unpaired) electrons. The van der Waals surface area contributed by atoms with Crippen molar-refractivity contribution in [1.29, 1.82) is 0 Å². The molecule has 0 aliphatic rings. The van der Waals surface area contributed by atoms with E-state index >= 15 is 0 Å². The van der Waals surface area contributed by atoms with Gasteiger partial charge in [0.2, 0.25) is 0 Å². The highest BCUT2D eigenvalue weighted by molar-refractivity contribution is 7.17. The van der Waals surface area contributed by atoms with Gasteiger partial charge in [0, 0.05) is 17.0 Å². The van der Waals surface area contributed by atoms with Crippen molar-refractivity contribution in [3.63, 3.8) is 0 Å². The van der Waals surface area contributed by atoms with Crippen molar-refractivity contribution in [2.45, 2.75) is 0 Å². The summed E-state index contributed by atoms with van der Waals surface area (Å²) >= 11 is 0.950. The van der Waals surface area contributed by atoms with E-state index in [1.807, 2.05) is 0 Å². The predicted octanol–water partition coefficient (Wildman–Crippen LogP) is 3.64. The monoisotopic (exact) mass is 242 g/mol. The Morgan fingerprint density at radius 1 is 1.06 bits per heavy atom. The largest absolute Gasteiger partial charge is 0.297 e. The summed E-state index contributed by atoms with van der Waals surface area (Å²) in [5, 5.41) is 0. The highest BCUT2D eigenvalue weighted by Crippen LogP contribution is 2.32. The van der Waals surface area contributed by atoms with Gasteiger partial charge in [-0.15, -0.1) is 11.3 Å². The van der Waals surface area contributed by atoms with Crippen molar-refractivity contribution in [2.75, 3.05) is 0 Å². The molecule has 1 aromatic carbocycles. The van der Waals surface area contributed by atoms with Gasteiger partial charge in [-0.3, -0.25) is 4.79 Å². The molecule has 0 N–H and O–H groups in total. The van der Waals surface area contributed by atoms with E-state index in [2.05, 4.69) is 0 Å². The Kier molecular flexibility index (Phi) is 2.78. The molecule has 2 rings (SSSR count). The Bertz CT molecular complexity index is 525. The summed E-state index contributed by atoms with van der Waals surface area (Å²) in [4.78, 5) is 11.1. The maximum atomic E-state index is 13.3. The number of carbonyl (C=O) groups excluding carboxylic acids is 1. The van der Waals surface area contributed by atoms with Gasteiger partial charge in [-0.25, -0.2) is 13.2 Å². The molecular formula is C11H5F3OS. The first kappa shape index (κ1) is 10.9. The van der Waals surface area contributed by atoms with Gasteiger partial charge in [-0.1, -0.05) is 0 Å². The Morgan fingerprint density at radius 2 is 1.69 bits per heavy atom. The molecule has 1 aromatic heterocycles. The molecule has 0 amide bonds. The fourth-order valence-electron chi connectivity index (χ4n) is 1.33. The van der Waals surface area contributed by atoms with Crippen LogP contribution in [0.2, 0.25) is 0 Å².